The smallest absolute Gasteiger partial charge is 0.224 e. The standard InChI is InChI=1S/C14H16F2N2O2/c1-7-12(18(9(3)20)10-4-5-10)6-11(17-8(2)19)14(16)13(7)15/h6,10H,4-5H2,1-3H3,(H,17,19). The maximum absolute atomic E-state index is 13.9. The van der Waals surface area contributed by atoms with Crippen LogP contribution in [0.15, 0.2) is 6.07 Å². The van der Waals surface area contributed by atoms with Crippen molar-refractivity contribution in [3.63, 3.8) is 0 Å². The van der Waals surface area contributed by atoms with Gasteiger partial charge < -0.3 is 10.2 Å². The molecule has 6 heteroatoms. The van der Waals surface area contributed by atoms with E-state index in [2.05, 4.69) is 5.32 Å². The molecule has 0 unspecified atom stereocenters. The molecule has 4 nitrogen and oxygen atoms in total. The van der Waals surface area contributed by atoms with Gasteiger partial charge in [-0.15, -0.1) is 0 Å². The minimum Gasteiger partial charge on any atom is -0.324 e. The van der Waals surface area contributed by atoms with E-state index in [4.69, 9.17) is 0 Å². The number of anilines is 2. The van der Waals surface area contributed by atoms with Crippen LogP contribution in [0, 0.1) is 18.6 Å². The molecular formula is C14H16F2N2O2. The molecule has 1 aliphatic rings. The highest BCUT2D eigenvalue weighted by molar-refractivity contribution is 5.95. The zero-order valence-electron chi connectivity index (χ0n) is 11.6. The van der Waals surface area contributed by atoms with Crippen molar-refractivity contribution < 1.29 is 18.4 Å². The predicted molar refractivity (Wildman–Crippen MR) is 71.6 cm³/mol. The predicted octanol–water partition coefficient (Wildman–Crippen LogP) is 2.75. The average Bonchev–Trinajstić information content (AvgIpc) is 3.16. The summed E-state index contributed by atoms with van der Waals surface area (Å²) in [5.41, 5.74) is 0.129. The average molecular weight is 282 g/mol. The number of nitrogens with zero attached hydrogens (tertiary/aromatic N) is 1. The van der Waals surface area contributed by atoms with Gasteiger partial charge in [0.2, 0.25) is 11.8 Å². The summed E-state index contributed by atoms with van der Waals surface area (Å²) in [4.78, 5) is 24.2. The number of carbonyl (C=O) groups is 2. The fourth-order valence-electron chi connectivity index (χ4n) is 2.19. The molecule has 0 aliphatic heterocycles. The van der Waals surface area contributed by atoms with Gasteiger partial charge in [0.05, 0.1) is 11.4 Å². The van der Waals surface area contributed by atoms with Crippen molar-refractivity contribution in [2.24, 2.45) is 0 Å². The summed E-state index contributed by atoms with van der Waals surface area (Å²) in [5, 5.41) is 2.24. The van der Waals surface area contributed by atoms with Crippen molar-refractivity contribution in [2.45, 2.75) is 39.7 Å². The minimum atomic E-state index is -1.11. The van der Waals surface area contributed by atoms with E-state index < -0.39 is 17.5 Å². The molecule has 0 saturated heterocycles. The number of hydrogen-bond acceptors (Lipinski definition) is 2. The maximum Gasteiger partial charge on any atom is 0.224 e. The van der Waals surface area contributed by atoms with Crippen LogP contribution >= 0.6 is 0 Å². The normalized spacial score (nSPS) is 14.1. The van der Waals surface area contributed by atoms with Gasteiger partial charge in [-0.3, -0.25) is 9.59 Å². The molecule has 1 N–H and O–H groups in total. The Hall–Kier alpha value is -1.98. The number of benzene rings is 1. The SMILES string of the molecule is CC(=O)Nc1cc(N(C(C)=O)C2CC2)c(C)c(F)c1F. The van der Waals surface area contributed by atoms with Crippen LogP contribution in [0.4, 0.5) is 20.2 Å². The van der Waals surface area contributed by atoms with Crippen molar-refractivity contribution in [1.29, 1.82) is 0 Å². The van der Waals surface area contributed by atoms with E-state index in [-0.39, 0.29) is 23.2 Å². The summed E-state index contributed by atoms with van der Waals surface area (Å²) >= 11 is 0. The van der Waals surface area contributed by atoms with Crippen LogP contribution in [0.3, 0.4) is 0 Å². The molecule has 20 heavy (non-hydrogen) atoms. The van der Waals surface area contributed by atoms with E-state index in [1.54, 1.807) is 0 Å². The van der Waals surface area contributed by atoms with E-state index in [1.807, 2.05) is 0 Å². The maximum atomic E-state index is 13.9. The second-order valence-electron chi connectivity index (χ2n) is 5.00. The Bertz CT molecular complexity index is 583. The molecule has 0 aromatic heterocycles. The van der Waals surface area contributed by atoms with E-state index in [9.17, 15) is 18.4 Å². The van der Waals surface area contributed by atoms with Crippen LogP contribution in [0.1, 0.15) is 32.3 Å². The highest BCUT2D eigenvalue weighted by Gasteiger charge is 2.34. The van der Waals surface area contributed by atoms with Gasteiger partial charge in [0, 0.05) is 25.5 Å². The Labute approximate surface area is 115 Å². The van der Waals surface area contributed by atoms with Gasteiger partial charge in [0.1, 0.15) is 0 Å². The van der Waals surface area contributed by atoms with E-state index in [0.717, 1.165) is 12.8 Å². The molecule has 0 atom stereocenters. The fourth-order valence-corrected chi connectivity index (χ4v) is 2.19. The number of hydrogen-bond donors (Lipinski definition) is 1. The zero-order valence-corrected chi connectivity index (χ0v) is 11.6. The number of carbonyl (C=O) groups excluding carboxylic acids is 2. The lowest BCUT2D eigenvalue weighted by atomic mass is 10.1. The largest absolute Gasteiger partial charge is 0.324 e. The lowest BCUT2D eigenvalue weighted by molar-refractivity contribution is -0.116. The summed E-state index contributed by atoms with van der Waals surface area (Å²) in [5.74, 6) is -2.88. The molecule has 0 heterocycles. The first-order valence-electron chi connectivity index (χ1n) is 6.39. The van der Waals surface area contributed by atoms with Crippen LogP contribution in [-0.2, 0) is 9.59 Å². The molecule has 108 valence electrons. The molecule has 1 aromatic carbocycles. The molecule has 1 aromatic rings. The molecule has 0 spiro atoms. The Kier molecular flexibility index (Phi) is 3.74. The highest BCUT2D eigenvalue weighted by atomic mass is 19.2. The molecule has 0 bridgehead atoms. The monoisotopic (exact) mass is 282 g/mol. The Morgan fingerprint density at radius 2 is 1.85 bits per heavy atom. The topological polar surface area (TPSA) is 49.4 Å². The third-order valence-electron chi connectivity index (χ3n) is 3.25. The van der Waals surface area contributed by atoms with Crippen molar-refractivity contribution in [1.82, 2.24) is 0 Å². The first-order chi connectivity index (χ1) is 9.32. The number of amides is 2. The van der Waals surface area contributed by atoms with Gasteiger partial charge >= 0.3 is 0 Å². The van der Waals surface area contributed by atoms with Crippen LogP contribution in [0.2, 0.25) is 0 Å². The second kappa shape index (κ2) is 5.19. The Morgan fingerprint density at radius 1 is 1.25 bits per heavy atom. The Morgan fingerprint density at radius 3 is 2.30 bits per heavy atom. The third kappa shape index (κ3) is 2.64. The van der Waals surface area contributed by atoms with Crippen molar-refractivity contribution in [3.8, 4) is 0 Å². The van der Waals surface area contributed by atoms with Gasteiger partial charge in [0.15, 0.2) is 11.6 Å². The molecule has 1 fully saturated rings. The summed E-state index contributed by atoms with van der Waals surface area (Å²) < 4.78 is 27.7. The van der Waals surface area contributed by atoms with Crippen LogP contribution in [-0.4, -0.2) is 17.9 Å². The molecular weight excluding hydrogens is 266 g/mol. The lowest BCUT2D eigenvalue weighted by Crippen LogP contribution is -2.31. The Balaban J connectivity index is 2.54. The molecule has 0 radical (unpaired) electrons. The number of halogens is 2. The summed E-state index contributed by atoms with van der Waals surface area (Å²) in [6.07, 6.45) is 1.68. The lowest BCUT2D eigenvalue weighted by Gasteiger charge is -2.24. The fraction of sp³-hybridized carbons (Fsp3) is 0.429. The summed E-state index contributed by atoms with van der Waals surface area (Å²) in [7, 11) is 0. The highest BCUT2D eigenvalue weighted by Crippen LogP contribution is 2.37. The van der Waals surface area contributed by atoms with Gasteiger partial charge in [-0.1, -0.05) is 0 Å². The van der Waals surface area contributed by atoms with Crippen LogP contribution < -0.4 is 10.2 Å². The van der Waals surface area contributed by atoms with Gasteiger partial charge in [-0.2, -0.15) is 0 Å². The van der Waals surface area contributed by atoms with Gasteiger partial charge in [-0.25, -0.2) is 8.78 Å². The van der Waals surface area contributed by atoms with Crippen molar-refractivity contribution >= 4 is 23.2 Å². The van der Waals surface area contributed by atoms with Crippen molar-refractivity contribution in [2.75, 3.05) is 10.2 Å². The third-order valence-corrected chi connectivity index (χ3v) is 3.25. The first kappa shape index (κ1) is 14.4. The molecule has 2 amide bonds. The van der Waals surface area contributed by atoms with E-state index >= 15 is 0 Å². The minimum absolute atomic E-state index is 0.0289. The molecule has 1 saturated carbocycles. The first-order valence-corrected chi connectivity index (χ1v) is 6.39. The van der Waals surface area contributed by atoms with Crippen LogP contribution in [0.5, 0.6) is 0 Å². The molecule has 1 aliphatic carbocycles. The van der Waals surface area contributed by atoms with E-state index in [1.165, 1.54) is 31.7 Å². The summed E-state index contributed by atoms with van der Waals surface area (Å²) in [6, 6.07) is 1.34. The number of nitrogens with one attached hydrogen (secondary N) is 1. The molecule has 2 rings (SSSR count). The quantitative estimate of drug-likeness (QED) is 0.926. The van der Waals surface area contributed by atoms with Crippen molar-refractivity contribution in [3.05, 3.63) is 23.3 Å². The van der Waals surface area contributed by atoms with Crippen LogP contribution in [0.25, 0.3) is 0 Å². The zero-order chi connectivity index (χ0) is 15.0. The number of rotatable bonds is 3. The van der Waals surface area contributed by atoms with Gasteiger partial charge in [0.25, 0.3) is 0 Å². The van der Waals surface area contributed by atoms with E-state index in [0.29, 0.717) is 5.69 Å². The van der Waals surface area contributed by atoms with Gasteiger partial charge in [-0.05, 0) is 25.8 Å². The second-order valence-corrected chi connectivity index (χ2v) is 5.00. The summed E-state index contributed by atoms with van der Waals surface area (Å²) in [6.45, 7) is 4.02.